The number of carbonyl (C=O) groups is 1. The van der Waals surface area contributed by atoms with Gasteiger partial charge in [0.15, 0.2) is 0 Å². The van der Waals surface area contributed by atoms with Crippen molar-refractivity contribution in [2.24, 2.45) is 56.7 Å². The Kier molecular flexibility index (Phi) is 8.68. The molecule has 4 heteroatoms. The highest BCUT2D eigenvalue weighted by Gasteiger charge is 2.82. The van der Waals surface area contributed by atoms with Crippen LogP contribution in [-0.4, -0.2) is 24.3 Å². The molecule has 0 amide bonds. The molecule has 4 nitrogen and oxygen atoms in total. The lowest BCUT2D eigenvalue weighted by Crippen LogP contribution is -2.58. The van der Waals surface area contributed by atoms with Crippen LogP contribution < -0.4 is 4.74 Å². The third kappa shape index (κ3) is 4.97. The first-order valence-corrected chi connectivity index (χ1v) is 18.5. The Bertz CT molecular complexity index is 1370. The van der Waals surface area contributed by atoms with Crippen molar-refractivity contribution >= 4 is 12.0 Å². The minimum absolute atomic E-state index is 0.0341. The van der Waals surface area contributed by atoms with E-state index < -0.39 is 0 Å². The van der Waals surface area contributed by atoms with Crippen LogP contribution in [0.2, 0.25) is 0 Å². The van der Waals surface area contributed by atoms with Crippen LogP contribution in [0.1, 0.15) is 130 Å². The lowest BCUT2D eigenvalue weighted by molar-refractivity contribution is -0.179. The standard InChI is InChI=1S/C42H62O4/c1-27(2)28(3)10-11-29(4)32-18-20-40(8)35-16-15-34-38(5,6)36(19-21-41(34)26-42(35,41)23-22-39(32,40)7)46-37(44)17-13-30-12-14-33(45-9)31(24-30)25-43/h12-14,17,24,27,29,32,34-36,43H,3,10-11,15-16,18-23,25-26H2,1-2,4-9H3. The topological polar surface area (TPSA) is 55.8 Å². The fraction of sp³-hybridized carbons (Fsp3) is 0.738. The van der Waals surface area contributed by atoms with Gasteiger partial charge in [-0.2, -0.15) is 0 Å². The minimum atomic E-state index is -0.265. The van der Waals surface area contributed by atoms with Crippen LogP contribution in [0.5, 0.6) is 5.75 Å². The summed E-state index contributed by atoms with van der Waals surface area (Å²) in [6.45, 7) is 21.6. The lowest BCUT2D eigenvalue weighted by Gasteiger charge is -2.63. The van der Waals surface area contributed by atoms with Crippen molar-refractivity contribution in [3.63, 3.8) is 0 Å². The normalized spacial score (nSPS) is 39.6. The molecule has 9 atom stereocenters. The van der Waals surface area contributed by atoms with Gasteiger partial charge in [0.2, 0.25) is 0 Å². The van der Waals surface area contributed by atoms with E-state index in [1.54, 1.807) is 19.3 Å². The third-order valence-electron chi connectivity index (χ3n) is 15.7. The Morgan fingerprint density at radius 1 is 0.978 bits per heavy atom. The van der Waals surface area contributed by atoms with E-state index >= 15 is 0 Å². The SMILES string of the molecule is C=C(CCC(C)C1CCC2(C)C3CCC4C(C)(C)C(OC(=O)C=Cc5ccc(OC)c(CO)c5)CCC45CC35CCC12C)C(C)C. The van der Waals surface area contributed by atoms with Crippen molar-refractivity contribution in [2.75, 3.05) is 7.11 Å². The summed E-state index contributed by atoms with van der Waals surface area (Å²) in [6, 6.07) is 5.58. The Labute approximate surface area is 279 Å². The summed E-state index contributed by atoms with van der Waals surface area (Å²) in [5, 5.41) is 9.67. The number of esters is 1. The summed E-state index contributed by atoms with van der Waals surface area (Å²) in [6.07, 6.45) is 17.6. The Morgan fingerprint density at radius 2 is 1.70 bits per heavy atom. The number of methoxy groups -OCH3 is 1. The molecular weight excluding hydrogens is 568 g/mol. The number of ether oxygens (including phenoxy) is 2. The molecule has 0 saturated heterocycles. The summed E-state index contributed by atoms with van der Waals surface area (Å²) >= 11 is 0. The molecule has 46 heavy (non-hydrogen) atoms. The molecule has 5 saturated carbocycles. The Balaban J connectivity index is 1.14. The zero-order chi connectivity index (χ0) is 33.3. The highest BCUT2D eigenvalue weighted by Crippen LogP contribution is 2.89. The number of carbonyl (C=O) groups excluding carboxylic acids is 1. The van der Waals surface area contributed by atoms with Crippen molar-refractivity contribution in [3.8, 4) is 5.75 Å². The molecule has 6 rings (SSSR count). The summed E-state index contributed by atoms with van der Waals surface area (Å²) < 4.78 is 11.6. The van der Waals surface area contributed by atoms with Crippen molar-refractivity contribution in [3.05, 3.63) is 47.6 Å². The zero-order valence-electron chi connectivity index (χ0n) is 30.2. The van der Waals surface area contributed by atoms with Crippen LogP contribution in [-0.2, 0) is 16.1 Å². The molecule has 254 valence electrons. The van der Waals surface area contributed by atoms with Crippen LogP contribution in [0, 0.1) is 56.7 Å². The predicted octanol–water partition coefficient (Wildman–Crippen LogP) is 10.2. The van der Waals surface area contributed by atoms with Gasteiger partial charge in [-0.25, -0.2) is 4.79 Å². The molecule has 5 fully saturated rings. The van der Waals surface area contributed by atoms with Crippen LogP contribution in [0.4, 0.5) is 0 Å². The van der Waals surface area contributed by atoms with Gasteiger partial charge >= 0.3 is 5.97 Å². The molecule has 1 aromatic rings. The maximum atomic E-state index is 13.1. The summed E-state index contributed by atoms with van der Waals surface area (Å²) in [5.41, 5.74) is 4.75. The first kappa shape index (κ1) is 33.8. The number of rotatable bonds is 10. The smallest absolute Gasteiger partial charge is 0.331 e. The van der Waals surface area contributed by atoms with Gasteiger partial charge in [0.1, 0.15) is 11.9 Å². The van der Waals surface area contributed by atoms with Gasteiger partial charge in [-0.15, -0.1) is 0 Å². The van der Waals surface area contributed by atoms with E-state index in [1.807, 2.05) is 18.2 Å². The highest BCUT2D eigenvalue weighted by molar-refractivity contribution is 5.87. The number of fused-ring (bicyclic) bond motifs is 2. The highest BCUT2D eigenvalue weighted by atomic mass is 16.5. The Morgan fingerprint density at radius 3 is 2.39 bits per heavy atom. The largest absolute Gasteiger partial charge is 0.496 e. The van der Waals surface area contributed by atoms with Gasteiger partial charge < -0.3 is 14.6 Å². The fourth-order valence-corrected chi connectivity index (χ4v) is 12.8. The van der Waals surface area contributed by atoms with Gasteiger partial charge in [-0.05, 0) is 146 Å². The monoisotopic (exact) mass is 630 g/mol. The van der Waals surface area contributed by atoms with E-state index in [1.165, 1.54) is 69.8 Å². The molecule has 5 aliphatic carbocycles. The average molecular weight is 631 g/mol. The van der Waals surface area contributed by atoms with E-state index in [4.69, 9.17) is 9.47 Å². The molecule has 0 heterocycles. The van der Waals surface area contributed by atoms with Crippen molar-refractivity contribution in [1.29, 1.82) is 0 Å². The average Bonchev–Trinajstić information content (AvgIpc) is 3.61. The maximum Gasteiger partial charge on any atom is 0.331 e. The van der Waals surface area contributed by atoms with Gasteiger partial charge in [-0.1, -0.05) is 66.7 Å². The summed E-state index contributed by atoms with van der Waals surface area (Å²) in [4.78, 5) is 13.1. The molecule has 9 unspecified atom stereocenters. The van der Waals surface area contributed by atoms with Crippen molar-refractivity contribution < 1.29 is 19.4 Å². The number of hydrogen-bond donors (Lipinski definition) is 1. The van der Waals surface area contributed by atoms with Crippen LogP contribution >= 0.6 is 0 Å². The fourth-order valence-electron chi connectivity index (χ4n) is 12.8. The maximum absolute atomic E-state index is 13.1. The molecule has 0 radical (unpaired) electrons. The molecule has 1 N–H and O–H groups in total. The minimum Gasteiger partial charge on any atom is -0.496 e. The van der Waals surface area contributed by atoms with Crippen LogP contribution in [0.15, 0.2) is 36.4 Å². The molecule has 0 bridgehead atoms. The van der Waals surface area contributed by atoms with Gasteiger partial charge in [0, 0.05) is 17.1 Å². The van der Waals surface area contributed by atoms with E-state index in [2.05, 4.69) is 55.0 Å². The third-order valence-corrected chi connectivity index (χ3v) is 15.7. The molecule has 2 spiro atoms. The molecule has 1 aromatic carbocycles. The number of benzene rings is 1. The predicted molar refractivity (Wildman–Crippen MR) is 187 cm³/mol. The van der Waals surface area contributed by atoms with E-state index in [0.717, 1.165) is 29.7 Å². The summed E-state index contributed by atoms with van der Waals surface area (Å²) in [7, 11) is 1.60. The quantitative estimate of drug-likeness (QED) is 0.159. The van der Waals surface area contributed by atoms with Crippen molar-refractivity contribution in [2.45, 2.75) is 132 Å². The van der Waals surface area contributed by atoms with Crippen molar-refractivity contribution in [1.82, 2.24) is 0 Å². The number of aliphatic hydroxyl groups is 1. The van der Waals surface area contributed by atoms with Gasteiger partial charge in [-0.3, -0.25) is 0 Å². The second-order valence-corrected chi connectivity index (χ2v) is 17.8. The first-order valence-electron chi connectivity index (χ1n) is 18.5. The van der Waals surface area contributed by atoms with E-state index in [9.17, 15) is 9.90 Å². The lowest BCUT2D eigenvalue weighted by atomic mass is 9.41. The van der Waals surface area contributed by atoms with Crippen LogP contribution in [0.3, 0.4) is 0 Å². The number of aliphatic hydroxyl groups excluding tert-OH is 1. The second-order valence-electron chi connectivity index (χ2n) is 17.8. The number of hydrogen-bond acceptors (Lipinski definition) is 4. The van der Waals surface area contributed by atoms with Gasteiger partial charge in [0.25, 0.3) is 0 Å². The van der Waals surface area contributed by atoms with E-state index in [0.29, 0.717) is 44.8 Å². The second kappa shape index (κ2) is 11.8. The zero-order valence-corrected chi connectivity index (χ0v) is 30.2. The Hall–Kier alpha value is -2.07. The van der Waals surface area contributed by atoms with Gasteiger partial charge in [0.05, 0.1) is 13.7 Å². The first-order chi connectivity index (χ1) is 21.7. The molecule has 0 aromatic heterocycles. The molecule has 5 aliphatic rings. The number of allylic oxidation sites excluding steroid dienone is 1. The van der Waals surface area contributed by atoms with Crippen LogP contribution in [0.25, 0.3) is 6.08 Å². The molecule has 0 aliphatic heterocycles. The molecular formula is C42H62O4. The van der Waals surface area contributed by atoms with E-state index in [-0.39, 0.29) is 24.1 Å². The summed E-state index contributed by atoms with van der Waals surface area (Å²) in [5.74, 6) is 4.02.